The summed E-state index contributed by atoms with van der Waals surface area (Å²) in [5.74, 6) is 0.776. The van der Waals surface area contributed by atoms with Crippen LogP contribution in [0.5, 0.6) is 17.2 Å². The Labute approximate surface area is 213 Å². The number of carbonyl (C=O) groups is 1. The summed E-state index contributed by atoms with van der Waals surface area (Å²) in [7, 11) is 3.13. The number of ether oxygens (including phenoxy) is 7. The van der Waals surface area contributed by atoms with Gasteiger partial charge in [0, 0.05) is 36.5 Å². The summed E-state index contributed by atoms with van der Waals surface area (Å²) in [5, 5.41) is 12.7. The molecule has 194 valence electrons. The molecule has 7 rings (SSSR count). The number of terminal acetylenes is 1. The Morgan fingerprint density at radius 2 is 2.08 bits per heavy atom. The standard InChI is InChI=1S/C28H28O9/c1-5-9-33-13-27-11-26(12-34-26)28(32-4)25(37-27)24(35-27)18-14(2)10-16-20(23(18)36-28)21(30)19-15(22(16)31-3)7-6-8-17(19)29/h1,10,24-25,30H,6-9,11-13H2,2-4H3/t24?,25?,26-,27?,28+/m0/s1. The zero-order valence-corrected chi connectivity index (χ0v) is 21.0. The molecule has 1 N–H and O–H groups in total. The van der Waals surface area contributed by atoms with Crippen LogP contribution in [0.2, 0.25) is 0 Å². The van der Waals surface area contributed by atoms with Crippen molar-refractivity contribution < 1.29 is 43.1 Å². The molecule has 2 bridgehead atoms. The third kappa shape index (κ3) is 2.80. The van der Waals surface area contributed by atoms with Gasteiger partial charge in [-0.05, 0) is 31.4 Å². The predicted octanol–water partition coefficient (Wildman–Crippen LogP) is 3.09. The van der Waals surface area contributed by atoms with Crippen LogP contribution in [0.25, 0.3) is 10.8 Å². The lowest BCUT2D eigenvalue weighted by atomic mass is 9.78. The highest BCUT2D eigenvalue weighted by Crippen LogP contribution is 2.66. The molecule has 5 atom stereocenters. The lowest BCUT2D eigenvalue weighted by Crippen LogP contribution is -2.68. The number of rotatable bonds is 5. The Balaban J connectivity index is 1.50. The van der Waals surface area contributed by atoms with Gasteiger partial charge in [-0.3, -0.25) is 4.79 Å². The van der Waals surface area contributed by atoms with Crippen LogP contribution in [-0.2, 0) is 30.1 Å². The maximum Gasteiger partial charge on any atom is 0.271 e. The summed E-state index contributed by atoms with van der Waals surface area (Å²) in [4.78, 5) is 13.0. The second kappa shape index (κ2) is 7.59. The maximum absolute atomic E-state index is 13.0. The molecule has 1 aliphatic carbocycles. The molecular weight excluding hydrogens is 480 g/mol. The number of phenolic OH excluding ortho intramolecular Hbond substituents is 1. The van der Waals surface area contributed by atoms with Crippen molar-refractivity contribution in [1.29, 1.82) is 0 Å². The summed E-state index contributed by atoms with van der Waals surface area (Å²) in [5.41, 5.74) is 1.78. The van der Waals surface area contributed by atoms with Crippen molar-refractivity contribution in [3.8, 4) is 29.6 Å². The second-order valence-corrected chi connectivity index (χ2v) is 10.5. The van der Waals surface area contributed by atoms with Gasteiger partial charge in [0.1, 0.15) is 36.6 Å². The van der Waals surface area contributed by atoms with E-state index >= 15 is 0 Å². The van der Waals surface area contributed by atoms with Crippen molar-refractivity contribution >= 4 is 16.6 Å². The lowest BCUT2D eigenvalue weighted by Gasteiger charge is -2.49. The van der Waals surface area contributed by atoms with E-state index in [0.717, 1.165) is 16.7 Å². The van der Waals surface area contributed by atoms with Crippen LogP contribution in [0.15, 0.2) is 6.07 Å². The smallest absolute Gasteiger partial charge is 0.271 e. The van der Waals surface area contributed by atoms with E-state index in [0.29, 0.717) is 60.1 Å². The molecule has 2 aromatic carbocycles. The quantitative estimate of drug-likeness (QED) is 0.371. The van der Waals surface area contributed by atoms with E-state index in [1.54, 1.807) is 14.2 Å². The van der Waals surface area contributed by atoms with Gasteiger partial charge >= 0.3 is 0 Å². The van der Waals surface area contributed by atoms with E-state index in [-0.39, 0.29) is 24.7 Å². The highest BCUT2D eigenvalue weighted by Gasteiger charge is 2.81. The fraction of sp³-hybridized carbons (Fsp3) is 0.536. The number of carbonyl (C=O) groups excluding carboxylic acids is 1. The van der Waals surface area contributed by atoms with Gasteiger partial charge in [0.05, 0.1) is 24.7 Å². The molecule has 1 spiro atoms. The minimum absolute atomic E-state index is 0.109. The van der Waals surface area contributed by atoms with Gasteiger partial charge in [-0.2, -0.15) is 0 Å². The number of aryl methyl sites for hydroxylation is 1. The first kappa shape index (κ1) is 23.3. The van der Waals surface area contributed by atoms with E-state index < -0.39 is 29.4 Å². The Morgan fingerprint density at radius 3 is 2.78 bits per heavy atom. The minimum Gasteiger partial charge on any atom is -0.506 e. The molecule has 0 amide bonds. The number of hydrogen-bond donors (Lipinski definition) is 1. The van der Waals surface area contributed by atoms with Crippen LogP contribution in [0.4, 0.5) is 0 Å². The van der Waals surface area contributed by atoms with Crippen LogP contribution >= 0.6 is 0 Å². The number of hydrogen-bond acceptors (Lipinski definition) is 9. The molecule has 2 aromatic rings. The third-order valence-corrected chi connectivity index (χ3v) is 8.50. The topological polar surface area (TPSA) is 105 Å². The Morgan fingerprint density at radius 1 is 1.27 bits per heavy atom. The largest absolute Gasteiger partial charge is 0.506 e. The molecule has 4 heterocycles. The van der Waals surface area contributed by atoms with E-state index in [1.165, 1.54) is 0 Å². The SMILES string of the molecule is C#CCOCC12C[C@]3(CO3)[C@]3(OC)Oc4c(c(C)cc5c(OC)c6c(c(O)c45)C(=O)CCC6)C(O1)C3O2. The first-order chi connectivity index (χ1) is 17.8. The van der Waals surface area contributed by atoms with Crippen LogP contribution in [0.1, 0.15) is 52.4 Å². The van der Waals surface area contributed by atoms with Crippen molar-refractivity contribution in [3.63, 3.8) is 0 Å². The number of epoxide rings is 1. The normalized spacial score (nSPS) is 34.6. The van der Waals surface area contributed by atoms with Gasteiger partial charge in [-0.15, -0.1) is 6.42 Å². The molecular formula is C28H28O9. The van der Waals surface area contributed by atoms with Crippen molar-refractivity contribution in [2.45, 2.75) is 62.0 Å². The monoisotopic (exact) mass is 508 g/mol. The van der Waals surface area contributed by atoms with Crippen LogP contribution in [0.3, 0.4) is 0 Å². The molecule has 9 heteroatoms. The molecule has 5 aliphatic rings. The van der Waals surface area contributed by atoms with Gasteiger partial charge in [-0.1, -0.05) is 5.92 Å². The van der Waals surface area contributed by atoms with E-state index in [2.05, 4.69) is 5.92 Å². The Hall–Kier alpha value is -2.87. The van der Waals surface area contributed by atoms with Gasteiger partial charge in [0.25, 0.3) is 5.79 Å². The van der Waals surface area contributed by atoms with E-state index in [1.807, 2.05) is 13.0 Å². The molecule has 3 saturated heterocycles. The van der Waals surface area contributed by atoms with Crippen molar-refractivity contribution in [2.24, 2.45) is 0 Å². The second-order valence-electron chi connectivity index (χ2n) is 10.5. The lowest BCUT2D eigenvalue weighted by molar-refractivity contribution is -0.331. The molecule has 0 radical (unpaired) electrons. The van der Waals surface area contributed by atoms with Gasteiger partial charge in [0.15, 0.2) is 23.3 Å². The molecule has 3 unspecified atom stereocenters. The van der Waals surface area contributed by atoms with E-state index in [4.69, 9.17) is 39.6 Å². The van der Waals surface area contributed by atoms with Crippen LogP contribution in [-0.4, -0.2) is 68.2 Å². The number of benzene rings is 2. The Kier molecular flexibility index (Phi) is 4.77. The van der Waals surface area contributed by atoms with Gasteiger partial charge in [-0.25, -0.2) is 0 Å². The fourth-order valence-electron chi connectivity index (χ4n) is 6.97. The number of fused-ring (bicyclic) bond motifs is 7. The summed E-state index contributed by atoms with van der Waals surface area (Å²) in [6.45, 7) is 2.59. The summed E-state index contributed by atoms with van der Waals surface area (Å²) in [6.07, 6.45) is 6.17. The zero-order chi connectivity index (χ0) is 25.7. The number of ketones is 1. The summed E-state index contributed by atoms with van der Waals surface area (Å²) >= 11 is 0. The summed E-state index contributed by atoms with van der Waals surface area (Å²) in [6, 6.07) is 1.95. The van der Waals surface area contributed by atoms with Crippen LogP contribution in [0, 0.1) is 19.3 Å². The van der Waals surface area contributed by atoms with E-state index in [9.17, 15) is 9.90 Å². The summed E-state index contributed by atoms with van der Waals surface area (Å²) < 4.78 is 43.5. The molecule has 4 aliphatic heterocycles. The number of Topliss-reactive ketones (excluding diaryl/α,β-unsaturated/α-hetero) is 1. The number of phenols is 1. The fourth-order valence-corrected chi connectivity index (χ4v) is 6.97. The number of aromatic hydroxyl groups is 1. The van der Waals surface area contributed by atoms with Gasteiger partial charge in [0.2, 0.25) is 0 Å². The molecule has 3 fully saturated rings. The van der Waals surface area contributed by atoms with Crippen LogP contribution < -0.4 is 9.47 Å². The zero-order valence-electron chi connectivity index (χ0n) is 21.0. The van der Waals surface area contributed by atoms with Crippen molar-refractivity contribution in [2.75, 3.05) is 34.0 Å². The molecule has 37 heavy (non-hydrogen) atoms. The van der Waals surface area contributed by atoms with Gasteiger partial charge < -0.3 is 38.3 Å². The third-order valence-electron chi connectivity index (χ3n) is 8.50. The first-order valence-electron chi connectivity index (χ1n) is 12.5. The molecule has 0 aromatic heterocycles. The average molecular weight is 509 g/mol. The predicted molar refractivity (Wildman–Crippen MR) is 129 cm³/mol. The minimum atomic E-state index is -1.34. The number of methoxy groups -OCH3 is 2. The highest BCUT2D eigenvalue weighted by atomic mass is 16.8. The van der Waals surface area contributed by atoms with Crippen molar-refractivity contribution in [3.05, 3.63) is 28.3 Å². The average Bonchev–Trinajstić information content (AvgIpc) is 3.55. The highest BCUT2D eigenvalue weighted by molar-refractivity contribution is 6.11. The molecule has 9 nitrogen and oxygen atoms in total. The maximum atomic E-state index is 13.0. The molecule has 0 saturated carbocycles. The first-order valence-corrected chi connectivity index (χ1v) is 12.5. The Bertz CT molecular complexity index is 1400. The van der Waals surface area contributed by atoms with Crippen molar-refractivity contribution in [1.82, 2.24) is 0 Å².